The van der Waals surface area contributed by atoms with Crippen molar-refractivity contribution in [3.8, 4) is 0 Å². The van der Waals surface area contributed by atoms with Gasteiger partial charge in [0.2, 0.25) is 0 Å². The fraction of sp³-hybridized carbons (Fsp3) is 0.417. The molecule has 0 radical (unpaired) electrons. The maximum atomic E-state index is 5.90. The number of hydrogen-bond acceptors (Lipinski definition) is 1. The summed E-state index contributed by atoms with van der Waals surface area (Å²) in [6, 6.07) is 5.83. The van der Waals surface area contributed by atoms with Gasteiger partial charge in [0.15, 0.2) is 0 Å². The highest BCUT2D eigenvalue weighted by atomic mass is 35.5. The normalized spacial score (nSPS) is 18.9. The van der Waals surface area contributed by atoms with Gasteiger partial charge < -0.3 is 4.90 Å². The van der Waals surface area contributed by atoms with Crippen molar-refractivity contribution in [2.24, 2.45) is 4.99 Å². The van der Waals surface area contributed by atoms with E-state index in [4.69, 9.17) is 11.6 Å². The molecule has 1 fully saturated rings. The third kappa shape index (κ3) is 2.32. The van der Waals surface area contributed by atoms with E-state index in [0.29, 0.717) is 0 Å². The summed E-state index contributed by atoms with van der Waals surface area (Å²) < 4.78 is 0. The quantitative estimate of drug-likeness (QED) is 0.711. The molecule has 1 aliphatic rings. The lowest BCUT2D eigenvalue weighted by atomic mass is 10.2. The average Bonchev–Trinajstić information content (AvgIpc) is 2.57. The largest absolute Gasteiger partial charge is 0.363 e. The van der Waals surface area contributed by atoms with Crippen molar-refractivity contribution in [1.29, 1.82) is 0 Å². The summed E-state index contributed by atoms with van der Waals surface area (Å²) in [5.41, 5.74) is 2.17. The molecular weight excluding hydrogens is 208 g/mol. The van der Waals surface area contributed by atoms with Gasteiger partial charge in [0, 0.05) is 25.0 Å². The number of amidine groups is 1. The molecule has 0 bridgehead atoms. The van der Waals surface area contributed by atoms with E-state index in [-0.39, 0.29) is 0 Å². The molecule has 0 amide bonds. The number of rotatable bonds is 1. The van der Waals surface area contributed by atoms with Crippen LogP contribution in [0.1, 0.15) is 18.4 Å². The number of benzene rings is 1. The van der Waals surface area contributed by atoms with Gasteiger partial charge in [-0.05, 0) is 37.1 Å². The van der Waals surface area contributed by atoms with E-state index in [9.17, 15) is 0 Å². The van der Waals surface area contributed by atoms with Crippen molar-refractivity contribution in [3.05, 3.63) is 28.8 Å². The van der Waals surface area contributed by atoms with Crippen molar-refractivity contribution in [2.45, 2.75) is 19.8 Å². The van der Waals surface area contributed by atoms with E-state index in [2.05, 4.69) is 16.9 Å². The van der Waals surface area contributed by atoms with Crippen LogP contribution in [-0.4, -0.2) is 24.3 Å². The van der Waals surface area contributed by atoms with E-state index >= 15 is 0 Å². The van der Waals surface area contributed by atoms with Crippen molar-refractivity contribution in [2.75, 3.05) is 13.6 Å². The fourth-order valence-corrected chi connectivity index (χ4v) is 2.05. The molecule has 1 heterocycles. The Morgan fingerprint density at radius 3 is 2.80 bits per heavy atom. The standard InChI is InChI=1S/C12H15ClN2/c1-9-8-10(13)5-6-11(9)14-12-4-3-7-15(12)2/h5-6,8H,3-4,7H2,1-2H3. The minimum absolute atomic E-state index is 0.774. The van der Waals surface area contributed by atoms with E-state index in [0.717, 1.165) is 29.2 Å². The zero-order chi connectivity index (χ0) is 10.8. The molecule has 0 spiro atoms. The zero-order valence-corrected chi connectivity index (χ0v) is 9.88. The van der Waals surface area contributed by atoms with Crippen molar-refractivity contribution >= 4 is 23.1 Å². The van der Waals surface area contributed by atoms with Crippen molar-refractivity contribution < 1.29 is 0 Å². The Morgan fingerprint density at radius 1 is 1.40 bits per heavy atom. The molecule has 15 heavy (non-hydrogen) atoms. The van der Waals surface area contributed by atoms with Crippen LogP contribution in [0.15, 0.2) is 23.2 Å². The van der Waals surface area contributed by atoms with E-state index < -0.39 is 0 Å². The Balaban J connectivity index is 2.30. The predicted molar refractivity (Wildman–Crippen MR) is 65.1 cm³/mol. The lowest BCUT2D eigenvalue weighted by molar-refractivity contribution is 0.550. The first-order chi connectivity index (χ1) is 7.16. The summed E-state index contributed by atoms with van der Waals surface area (Å²) in [6.45, 7) is 3.16. The second-order valence-electron chi connectivity index (χ2n) is 3.98. The van der Waals surface area contributed by atoms with Crippen LogP contribution in [0, 0.1) is 6.92 Å². The minimum Gasteiger partial charge on any atom is -0.363 e. The first-order valence-electron chi connectivity index (χ1n) is 5.21. The molecule has 2 nitrogen and oxygen atoms in total. The smallest absolute Gasteiger partial charge is 0.105 e. The highest BCUT2D eigenvalue weighted by molar-refractivity contribution is 6.30. The topological polar surface area (TPSA) is 15.6 Å². The summed E-state index contributed by atoms with van der Waals surface area (Å²) in [7, 11) is 2.09. The molecule has 1 aromatic carbocycles. The number of aryl methyl sites for hydroxylation is 1. The fourth-order valence-electron chi connectivity index (χ4n) is 1.82. The predicted octanol–water partition coefficient (Wildman–Crippen LogP) is 3.40. The molecule has 1 aliphatic heterocycles. The lowest BCUT2D eigenvalue weighted by Crippen LogP contribution is -2.18. The molecule has 0 aliphatic carbocycles. The minimum atomic E-state index is 0.774. The van der Waals surface area contributed by atoms with Gasteiger partial charge in [-0.1, -0.05) is 11.6 Å². The van der Waals surface area contributed by atoms with Crippen LogP contribution in [0.25, 0.3) is 0 Å². The molecule has 2 rings (SSSR count). The summed E-state index contributed by atoms with van der Waals surface area (Å²) in [4.78, 5) is 6.88. The van der Waals surface area contributed by atoms with E-state index in [1.807, 2.05) is 25.1 Å². The second-order valence-corrected chi connectivity index (χ2v) is 4.42. The summed E-state index contributed by atoms with van der Waals surface area (Å²) in [5, 5.41) is 0.774. The van der Waals surface area contributed by atoms with Gasteiger partial charge in [-0.3, -0.25) is 0 Å². The Kier molecular flexibility index (Phi) is 2.96. The number of nitrogens with zero attached hydrogens (tertiary/aromatic N) is 2. The van der Waals surface area contributed by atoms with E-state index in [1.54, 1.807) is 0 Å². The van der Waals surface area contributed by atoms with Crippen LogP contribution >= 0.6 is 11.6 Å². The monoisotopic (exact) mass is 222 g/mol. The Morgan fingerprint density at radius 2 is 2.20 bits per heavy atom. The lowest BCUT2D eigenvalue weighted by Gasteiger charge is -2.11. The SMILES string of the molecule is Cc1cc(Cl)ccc1N=C1CCCN1C. The second kappa shape index (κ2) is 4.23. The maximum absolute atomic E-state index is 5.90. The number of aliphatic imine (C=N–C) groups is 1. The van der Waals surface area contributed by atoms with Gasteiger partial charge in [0.1, 0.15) is 5.84 Å². The van der Waals surface area contributed by atoms with E-state index in [1.165, 1.54) is 12.3 Å². The molecule has 3 heteroatoms. The molecule has 0 unspecified atom stereocenters. The van der Waals surface area contributed by atoms with Crippen molar-refractivity contribution in [1.82, 2.24) is 4.90 Å². The first kappa shape index (κ1) is 10.5. The molecule has 1 aromatic rings. The molecule has 0 N–H and O–H groups in total. The van der Waals surface area contributed by atoms with Crippen LogP contribution in [0.2, 0.25) is 5.02 Å². The zero-order valence-electron chi connectivity index (χ0n) is 9.13. The van der Waals surface area contributed by atoms with Crippen LogP contribution in [-0.2, 0) is 0 Å². The molecule has 0 atom stereocenters. The molecule has 0 aromatic heterocycles. The third-order valence-electron chi connectivity index (χ3n) is 2.74. The van der Waals surface area contributed by atoms with Crippen LogP contribution in [0.3, 0.4) is 0 Å². The van der Waals surface area contributed by atoms with Gasteiger partial charge in [-0.25, -0.2) is 4.99 Å². The summed E-state index contributed by atoms with van der Waals surface area (Å²) in [5.74, 6) is 1.18. The number of hydrogen-bond donors (Lipinski definition) is 0. The maximum Gasteiger partial charge on any atom is 0.105 e. The summed E-state index contributed by atoms with van der Waals surface area (Å²) >= 11 is 5.90. The first-order valence-corrected chi connectivity index (χ1v) is 5.59. The number of halogens is 1. The highest BCUT2D eigenvalue weighted by Crippen LogP contribution is 2.24. The average molecular weight is 223 g/mol. The third-order valence-corrected chi connectivity index (χ3v) is 2.98. The van der Waals surface area contributed by atoms with Crippen LogP contribution in [0.5, 0.6) is 0 Å². The molecule has 80 valence electrons. The van der Waals surface area contributed by atoms with Gasteiger partial charge in [-0.2, -0.15) is 0 Å². The molecule has 1 saturated heterocycles. The molecule has 0 saturated carbocycles. The highest BCUT2D eigenvalue weighted by Gasteiger charge is 2.14. The van der Waals surface area contributed by atoms with Gasteiger partial charge >= 0.3 is 0 Å². The Bertz CT molecular complexity index is 399. The Hall–Kier alpha value is -1.02. The van der Waals surface area contributed by atoms with Gasteiger partial charge in [0.05, 0.1) is 5.69 Å². The van der Waals surface area contributed by atoms with Crippen LogP contribution < -0.4 is 0 Å². The van der Waals surface area contributed by atoms with Crippen LogP contribution in [0.4, 0.5) is 5.69 Å². The van der Waals surface area contributed by atoms with Crippen molar-refractivity contribution in [3.63, 3.8) is 0 Å². The molecular formula is C12H15ClN2. The van der Waals surface area contributed by atoms with Gasteiger partial charge in [0.25, 0.3) is 0 Å². The Labute approximate surface area is 95.6 Å². The number of likely N-dealkylation sites (tertiary alicyclic amines) is 1. The summed E-state index contributed by atoms with van der Waals surface area (Å²) in [6.07, 6.45) is 2.29. The van der Waals surface area contributed by atoms with Gasteiger partial charge in [-0.15, -0.1) is 0 Å².